The molecule has 4 nitrogen and oxygen atoms in total. The molecule has 0 aliphatic rings. The maximum Gasteiger partial charge on any atom is 0.162 e. The smallest absolute Gasteiger partial charge is 0.162 e. The van der Waals surface area contributed by atoms with E-state index in [0.29, 0.717) is 0 Å². The molecule has 0 bridgehead atoms. The van der Waals surface area contributed by atoms with Crippen LogP contribution in [0.4, 0.5) is 0 Å². The van der Waals surface area contributed by atoms with Gasteiger partial charge in [0.05, 0.1) is 5.76 Å². The minimum absolute atomic E-state index is 0. The zero-order valence-electron chi connectivity index (χ0n) is 27.5. The molecule has 2 heterocycles. The molecule has 4 rings (SSSR count). The van der Waals surface area contributed by atoms with Crippen LogP contribution >= 0.6 is 0 Å². The Hall–Kier alpha value is -2.88. The topological polar surface area (TPSA) is 63.1 Å². The molecule has 0 unspecified atom stereocenters. The summed E-state index contributed by atoms with van der Waals surface area (Å²) in [5, 5.41) is 14.6. The zero-order valence-corrected chi connectivity index (χ0v) is 29.9. The van der Waals surface area contributed by atoms with Gasteiger partial charge >= 0.3 is 0 Å². The van der Waals surface area contributed by atoms with Gasteiger partial charge in [0.2, 0.25) is 0 Å². The second-order valence-corrected chi connectivity index (χ2v) is 12.7. The number of aryl methyl sites for hydroxylation is 2. The molecule has 0 saturated carbocycles. The van der Waals surface area contributed by atoms with Crippen molar-refractivity contribution in [2.75, 3.05) is 0 Å². The van der Waals surface area contributed by atoms with Gasteiger partial charge < -0.3 is 10.1 Å². The molecule has 4 aromatic rings. The van der Waals surface area contributed by atoms with Crippen molar-refractivity contribution in [2.24, 2.45) is 17.3 Å². The molecule has 0 aliphatic carbocycles. The number of allylic oxidation sites excluding steroid dienone is 2. The summed E-state index contributed by atoms with van der Waals surface area (Å²) >= 11 is 0. The number of fused-ring (bicyclic) bond motifs is 3. The summed E-state index contributed by atoms with van der Waals surface area (Å²) in [5.74, 6) is 0.547. The monoisotopic (exact) mass is 758 g/mol. The summed E-state index contributed by atoms with van der Waals surface area (Å²) in [7, 11) is 0. The van der Waals surface area contributed by atoms with E-state index in [1.807, 2.05) is 40.1 Å². The third kappa shape index (κ3) is 9.55. The summed E-state index contributed by atoms with van der Waals surface area (Å²) in [5.41, 5.74) is 5.77. The Morgan fingerprint density at radius 3 is 2.09 bits per heavy atom. The molecule has 5 heteroatoms. The van der Waals surface area contributed by atoms with Crippen LogP contribution in [0.3, 0.4) is 0 Å². The first-order chi connectivity index (χ1) is 19.9. The Morgan fingerprint density at radius 1 is 0.884 bits per heavy atom. The summed E-state index contributed by atoms with van der Waals surface area (Å²) < 4.78 is 0. The van der Waals surface area contributed by atoms with Crippen LogP contribution in [0.2, 0.25) is 0 Å². The summed E-state index contributed by atoms with van der Waals surface area (Å²) in [6.07, 6.45) is 9.68. The average molecular weight is 758 g/mol. The van der Waals surface area contributed by atoms with Gasteiger partial charge in [0, 0.05) is 61.5 Å². The molecule has 233 valence electrons. The van der Waals surface area contributed by atoms with Crippen LogP contribution in [0.5, 0.6) is 0 Å². The number of rotatable bonds is 9. The van der Waals surface area contributed by atoms with E-state index in [1.54, 1.807) is 0 Å². The number of nitrogens with zero attached hydrogens (tertiary/aromatic N) is 2. The van der Waals surface area contributed by atoms with Crippen LogP contribution in [-0.4, -0.2) is 20.9 Å². The van der Waals surface area contributed by atoms with Crippen molar-refractivity contribution in [2.45, 2.75) is 94.4 Å². The molecule has 0 atom stereocenters. The molecule has 0 fully saturated rings. The number of aliphatic hydroxyl groups is 1. The first-order valence-corrected chi connectivity index (χ1v) is 15.5. The molecule has 43 heavy (non-hydrogen) atoms. The minimum Gasteiger partial charge on any atom is -0.512 e. The van der Waals surface area contributed by atoms with E-state index in [-0.39, 0.29) is 48.9 Å². The Bertz CT molecular complexity index is 1520. The number of carbonyl (C=O) groups is 1. The van der Waals surface area contributed by atoms with Gasteiger partial charge in [-0.25, -0.2) is 0 Å². The second-order valence-electron chi connectivity index (χ2n) is 12.7. The number of ketones is 1. The van der Waals surface area contributed by atoms with Gasteiger partial charge in [0.1, 0.15) is 0 Å². The summed E-state index contributed by atoms with van der Waals surface area (Å²) in [4.78, 5) is 21.2. The number of aliphatic hydroxyl groups excluding tert-OH is 1. The van der Waals surface area contributed by atoms with Crippen molar-refractivity contribution in [1.29, 1.82) is 0 Å². The van der Waals surface area contributed by atoms with Crippen molar-refractivity contribution < 1.29 is 30.0 Å². The second kappa shape index (κ2) is 16.3. The fraction of sp³-hybridized carbons (Fsp3) is 0.447. The molecule has 0 amide bonds. The molecule has 2 aromatic heterocycles. The van der Waals surface area contributed by atoms with Crippen LogP contribution < -0.4 is 0 Å². The van der Waals surface area contributed by atoms with Crippen LogP contribution in [0.15, 0.2) is 60.6 Å². The van der Waals surface area contributed by atoms with Crippen LogP contribution in [0.25, 0.3) is 32.8 Å². The number of carbonyl (C=O) groups excluding carboxylic acids is 1. The van der Waals surface area contributed by atoms with Gasteiger partial charge in [-0.3, -0.25) is 9.78 Å². The van der Waals surface area contributed by atoms with E-state index >= 15 is 0 Å². The van der Waals surface area contributed by atoms with Crippen molar-refractivity contribution in [1.82, 2.24) is 9.97 Å². The summed E-state index contributed by atoms with van der Waals surface area (Å²) in [6.45, 7) is 19.1. The number of aromatic nitrogens is 2. The molecule has 2 aromatic carbocycles. The quantitative estimate of drug-likeness (QED) is 0.0799. The van der Waals surface area contributed by atoms with Gasteiger partial charge in [0.25, 0.3) is 0 Å². The molecule has 1 radical (unpaired) electrons. The van der Waals surface area contributed by atoms with E-state index in [2.05, 4.69) is 77.1 Å². The number of pyridine rings is 2. The van der Waals surface area contributed by atoms with E-state index < -0.39 is 0 Å². The van der Waals surface area contributed by atoms with E-state index in [4.69, 9.17) is 9.97 Å². The van der Waals surface area contributed by atoms with E-state index in [1.165, 1.54) is 33.2 Å². The first kappa shape index (κ1) is 36.3. The van der Waals surface area contributed by atoms with Crippen molar-refractivity contribution in [3.8, 4) is 11.3 Å². The normalized spacial score (nSPS) is 11.9. The largest absolute Gasteiger partial charge is 0.512 e. The number of benzene rings is 2. The SMILES string of the molecule is CCC(CC)C(=O)/C=C(\O)C(CC)CC.Cc1[c-]c(-c2nccc3ccc4c(CC(C)(C)C)nccc4c23)cc(C)c1.[Ir]. The Labute approximate surface area is 272 Å². The molecule has 0 aliphatic heterocycles. The molecular weight excluding hydrogens is 709 g/mol. The predicted molar refractivity (Wildman–Crippen MR) is 178 cm³/mol. The third-order valence-corrected chi connectivity index (χ3v) is 7.94. The van der Waals surface area contributed by atoms with Crippen LogP contribution in [-0.2, 0) is 31.3 Å². The standard InChI is InChI=1S/C25H25N2.C13H24O2.Ir/c1-16-12-17(2)14-19(13-16)24-23-18(8-10-27-24)6-7-20-21(23)9-11-26-22(20)15-25(3,4)5;1-5-10(6-2)12(14)9-13(15)11(7-3)8-4;/h6-13H,15H2,1-5H3;9-11,14H,5-8H2,1-4H3;/q-1;;/b;12-9-;. The zero-order chi connectivity index (χ0) is 31.0. The number of hydrogen-bond donors (Lipinski definition) is 1. The van der Waals surface area contributed by atoms with Gasteiger partial charge in [-0.1, -0.05) is 74.4 Å². The Morgan fingerprint density at radius 2 is 1.51 bits per heavy atom. The van der Waals surface area contributed by atoms with Crippen LogP contribution in [0.1, 0.15) is 91.0 Å². The Balaban J connectivity index is 0.000000348. The maximum absolute atomic E-state index is 11.7. The van der Waals surface area contributed by atoms with Crippen molar-refractivity contribution in [3.05, 3.63) is 83.5 Å². The third-order valence-electron chi connectivity index (χ3n) is 7.94. The number of hydrogen-bond acceptors (Lipinski definition) is 4. The van der Waals surface area contributed by atoms with Gasteiger partial charge in [-0.15, -0.1) is 34.9 Å². The fourth-order valence-corrected chi connectivity index (χ4v) is 5.64. The van der Waals surface area contributed by atoms with E-state index in [0.717, 1.165) is 54.6 Å². The van der Waals surface area contributed by atoms with Gasteiger partial charge in [0.15, 0.2) is 5.78 Å². The average Bonchev–Trinajstić information content (AvgIpc) is 2.93. The van der Waals surface area contributed by atoms with Gasteiger partial charge in [-0.2, -0.15) is 0 Å². The van der Waals surface area contributed by atoms with Crippen molar-refractivity contribution >= 4 is 27.3 Å². The Kier molecular flexibility index (Phi) is 13.7. The summed E-state index contributed by atoms with van der Waals surface area (Å²) in [6, 6.07) is 16.4. The van der Waals surface area contributed by atoms with Gasteiger partial charge in [-0.05, 0) is 71.5 Å². The molecule has 0 spiro atoms. The predicted octanol–water partition coefficient (Wildman–Crippen LogP) is 10.3. The fourth-order valence-electron chi connectivity index (χ4n) is 5.64. The first-order valence-electron chi connectivity index (χ1n) is 15.5. The molecule has 1 N–H and O–H groups in total. The molecular formula is C38H49IrN2O2-. The van der Waals surface area contributed by atoms with Crippen molar-refractivity contribution in [3.63, 3.8) is 0 Å². The minimum atomic E-state index is 0. The maximum atomic E-state index is 11.7. The van der Waals surface area contributed by atoms with E-state index in [9.17, 15) is 9.90 Å². The molecule has 0 saturated heterocycles. The van der Waals surface area contributed by atoms with Crippen LogP contribution in [0, 0.1) is 37.2 Å².